The van der Waals surface area contributed by atoms with Crippen LogP contribution in [0.5, 0.6) is 0 Å². The Kier molecular flexibility index (Phi) is 3.16. The highest BCUT2D eigenvalue weighted by atomic mass is 16.3. The molecular weight excluding hydrogens is 294 g/mol. The van der Waals surface area contributed by atoms with Gasteiger partial charge in [-0.05, 0) is 25.0 Å². The molecule has 23 heavy (non-hydrogen) atoms. The Bertz CT molecular complexity index is 939. The maximum absolute atomic E-state index is 12.3. The summed E-state index contributed by atoms with van der Waals surface area (Å²) in [4.78, 5) is 19.7. The quantitative estimate of drug-likeness (QED) is 0.671. The topological polar surface area (TPSA) is 110 Å². The lowest BCUT2D eigenvalue weighted by Gasteiger charge is -2.05. The summed E-state index contributed by atoms with van der Waals surface area (Å²) >= 11 is 0. The van der Waals surface area contributed by atoms with Crippen molar-refractivity contribution in [3.63, 3.8) is 0 Å². The number of nitrogens with one attached hydrogen (secondary N) is 1. The van der Waals surface area contributed by atoms with Crippen LogP contribution in [0.2, 0.25) is 0 Å². The van der Waals surface area contributed by atoms with Gasteiger partial charge in [-0.1, -0.05) is 12.1 Å². The number of aliphatic hydroxyl groups is 1. The number of hydrogen-bond donors (Lipinski definition) is 3. The molecule has 4 N–H and O–H groups in total. The Morgan fingerprint density at radius 1 is 1.35 bits per heavy atom. The van der Waals surface area contributed by atoms with Crippen molar-refractivity contribution in [1.29, 1.82) is 0 Å². The normalized spacial score (nSPS) is 14.5. The number of nitrogens with two attached hydrogens (primary N) is 1. The molecule has 7 heteroatoms. The third kappa shape index (κ3) is 2.29. The first-order valence-electron chi connectivity index (χ1n) is 7.65. The number of para-hydroxylation sites is 1. The van der Waals surface area contributed by atoms with Crippen molar-refractivity contribution in [2.45, 2.75) is 25.3 Å². The van der Waals surface area contributed by atoms with Crippen LogP contribution in [0.15, 0.2) is 29.1 Å². The number of H-pyrrole nitrogens is 1. The Morgan fingerprint density at radius 2 is 2.13 bits per heavy atom. The molecule has 0 saturated heterocycles. The molecule has 2 aromatic heterocycles. The van der Waals surface area contributed by atoms with E-state index in [2.05, 4.69) is 15.1 Å². The summed E-state index contributed by atoms with van der Waals surface area (Å²) in [5, 5.41) is 14.2. The van der Waals surface area contributed by atoms with E-state index in [1.165, 1.54) is 0 Å². The lowest BCUT2D eigenvalue weighted by atomic mass is 10.1. The lowest BCUT2D eigenvalue weighted by molar-refractivity contribution is 0.270. The number of aliphatic hydroxyl groups excluding tert-OH is 1. The van der Waals surface area contributed by atoms with Gasteiger partial charge in [0.2, 0.25) is 0 Å². The molecule has 1 fully saturated rings. The Morgan fingerprint density at radius 3 is 2.87 bits per heavy atom. The second-order valence-corrected chi connectivity index (χ2v) is 5.80. The summed E-state index contributed by atoms with van der Waals surface area (Å²) in [6, 6.07) is 7.20. The predicted molar refractivity (Wildman–Crippen MR) is 87.1 cm³/mol. The number of hydrogen-bond acceptors (Lipinski definition) is 5. The zero-order valence-electron chi connectivity index (χ0n) is 12.5. The van der Waals surface area contributed by atoms with Crippen molar-refractivity contribution in [1.82, 2.24) is 19.7 Å². The molecule has 7 nitrogen and oxygen atoms in total. The third-order valence-corrected chi connectivity index (χ3v) is 4.14. The Hall–Kier alpha value is -2.67. The molecule has 0 amide bonds. The number of nitrogen functional groups attached to an aromatic ring is 1. The summed E-state index contributed by atoms with van der Waals surface area (Å²) in [5.74, 6) is 1.22. The molecule has 0 radical (unpaired) electrons. The van der Waals surface area contributed by atoms with E-state index >= 15 is 0 Å². The average Bonchev–Trinajstić information content (AvgIpc) is 3.33. The number of aromatic amines is 1. The molecule has 0 aliphatic heterocycles. The third-order valence-electron chi connectivity index (χ3n) is 4.14. The first-order valence-corrected chi connectivity index (χ1v) is 7.65. The van der Waals surface area contributed by atoms with Gasteiger partial charge in [0.1, 0.15) is 11.6 Å². The number of benzene rings is 1. The molecule has 1 aliphatic rings. The number of aromatic nitrogens is 4. The fourth-order valence-corrected chi connectivity index (χ4v) is 2.85. The molecule has 0 spiro atoms. The van der Waals surface area contributed by atoms with Gasteiger partial charge < -0.3 is 15.8 Å². The lowest BCUT2D eigenvalue weighted by Crippen LogP contribution is -2.11. The van der Waals surface area contributed by atoms with Crippen LogP contribution in [0, 0.1) is 0 Å². The zero-order chi connectivity index (χ0) is 16.0. The van der Waals surface area contributed by atoms with Crippen LogP contribution in [-0.2, 0) is 6.54 Å². The maximum atomic E-state index is 12.3. The van der Waals surface area contributed by atoms with Crippen molar-refractivity contribution in [3.05, 3.63) is 40.3 Å². The second-order valence-electron chi connectivity index (χ2n) is 5.80. The van der Waals surface area contributed by atoms with E-state index in [0.29, 0.717) is 40.6 Å². The standard InChI is InChI=1S/C16H17N5O2/c17-14-12(13(9-5-6-9)20-21(14)7-8-22)15-18-11-4-2-1-3-10(11)16(23)19-15/h1-4,9,22H,5-8,17H2,(H,18,19,23). The van der Waals surface area contributed by atoms with E-state index < -0.39 is 0 Å². The predicted octanol–water partition coefficient (Wildman–Crippen LogP) is 1.24. The molecule has 1 saturated carbocycles. The summed E-state index contributed by atoms with van der Waals surface area (Å²) < 4.78 is 1.58. The van der Waals surface area contributed by atoms with Crippen molar-refractivity contribution in [2.75, 3.05) is 12.3 Å². The Labute approximate surface area is 131 Å². The van der Waals surface area contributed by atoms with Crippen LogP contribution in [0.1, 0.15) is 24.5 Å². The van der Waals surface area contributed by atoms with E-state index in [1.807, 2.05) is 12.1 Å². The van der Waals surface area contributed by atoms with Crippen LogP contribution in [0.4, 0.5) is 5.82 Å². The molecule has 0 atom stereocenters. The van der Waals surface area contributed by atoms with Crippen LogP contribution in [-0.4, -0.2) is 31.5 Å². The molecule has 1 aromatic carbocycles. The molecule has 2 heterocycles. The number of rotatable bonds is 4. The largest absolute Gasteiger partial charge is 0.394 e. The van der Waals surface area contributed by atoms with Gasteiger partial charge in [0.25, 0.3) is 5.56 Å². The van der Waals surface area contributed by atoms with Gasteiger partial charge >= 0.3 is 0 Å². The molecule has 3 aromatic rings. The SMILES string of the molecule is Nc1c(-c2nc3ccccc3c(=O)[nH]2)c(C2CC2)nn1CCO. The molecule has 4 rings (SSSR count). The average molecular weight is 311 g/mol. The molecule has 0 unspecified atom stereocenters. The Balaban J connectivity index is 1.95. The minimum Gasteiger partial charge on any atom is -0.394 e. The van der Waals surface area contributed by atoms with E-state index in [9.17, 15) is 4.79 Å². The zero-order valence-corrected chi connectivity index (χ0v) is 12.5. The van der Waals surface area contributed by atoms with Crippen LogP contribution in [0.25, 0.3) is 22.3 Å². The van der Waals surface area contributed by atoms with Gasteiger partial charge in [-0.2, -0.15) is 5.10 Å². The van der Waals surface area contributed by atoms with Gasteiger partial charge in [0.15, 0.2) is 0 Å². The monoisotopic (exact) mass is 311 g/mol. The summed E-state index contributed by atoms with van der Waals surface area (Å²) in [7, 11) is 0. The summed E-state index contributed by atoms with van der Waals surface area (Å²) in [6.07, 6.45) is 2.11. The van der Waals surface area contributed by atoms with Crippen molar-refractivity contribution in [3.8, 4) is 11.4 Å². The minimum atomic E-state index is -0.193. The van der Waals surface area contributed by atoms with E-state index in [1.54, 1.807) is 16.8 Å². The van der Waals surface area contributed by atoms with Crippen molar-refractivity contribution < 1.29 is 5.11 Å². The van der Waals surface area contributed by atoms with Crippen LogP contribution < -0.4 is 11.3 Å². The number of anilines is 1. The number of nitrogens with zero attached hydrogens (tertiary/aromatic N) is 3. The fourth-order valence-electron chi connectivity index (χ4n) is 2.85. The summed E-state index contributed by atoms with van der Waals surface area (Å²) in [6.45, 7) is 0.278. The van der Waals surface area contributed by atoms with Crippen molar-refractivity contribution in [2.24, 2.45) is 0 Å². The smallest absolute Gasteiger partial charge is 0.259 e. The first-order chi connectivity index (χ1) is 11.2. The van der Waals surface area contributed by atoms with Crippen LogP contribution in [0.3, 0.4) is 0 Å². The molecule has 1 aliphatic carbocycles. The highest BCUT2D eigenvalue weighted by Crippen LogP contribution is 2.45. The van der Waals surface area contributed by atoms with Gasteiger partial charge in [-0.25, -0.2) is 9.67 Å². The molecular formula is C16H17N5O2. The van der Waals surface area contributed by atoms with Crippen LogP contribution >= 0.6 is 0 Å². The molecule has 118 valence electrons. The minimum absolute atomic E-state index is 0.0445. The fraction of sp³-hybridized carbons (Fsp3) is 0.312. The van der Waals surface area contributed by atoms with Crippen molar-refractivity contribution >= 4 is 16.7 Å². The molecule has 0 bridgehead atoms. The summed E-state index contributed by atoms with van der Waals surface area (Å²) in [5.41, 5.74) is 8.18. The highest BCUT2D eigenvalue weighted by molar-refractivity contribution is 5.81. The van der Waals surface area contributed by atoms with Gasteiger partial charge in [0.05, 0.1) is 35.3 Å². The maximum Gasteiger partial charge on any atom is 0.259 e. The van der Waals surface area contributed by atoms with E-state index in [-0.39, 0.29) is 12.2 Å². The van der Waals surface area contributed by atoms with E-state index in [4.69, 9.17) is 10.8 Å². The second kappa shape index (κ2) is 5.20. The van der Waals surface area contributed by atoms with Gasteiger partial charge in [-0.15, -0.1) is 0 Å². The first kappa shape index (κ1) is 14.0. The number of fused-ring (bicyclic) bond motifs is 1. The van der Waals surface area contributed by atoms with E-state index in [0.717, 1.165) is 18.5 Å². The highest BCUT2D eigenvalue weighted by Gasteiger charge is 2.32. The van der Waals surface area contributed by atoms with Gasteiger partial charge in [0, 0.05) is 5.92 Å². The van der Waals surface area contributed by atoms with Gasteiger partial charge in [-0.3, -0.25) is 4.79 Å².